The molecule has 0 aliphatic rings. The van der Waals surface area contributed by atoms with Gasteiger partial charge in [-0.3, -0.25) is 0 Å². The van der Waals surface area contributed by atoms with Gasteiger partial charge < -0.3 is 5.21 Å². The van der Waals surface area contributed by atoms with Gasteiger partial charge in [-0.25, -0.2) is 9.99 Å². The smallest absolute Gasteiger partial charge is 0.244 e. The van der Waals surface area contributed by atoms with Gasteiger partial charge in [0.25, 0.3) is 0 Å². The predicted molar refractivity (Wildman–Crippen MR) is 95.9 cm³/mol. The third kappa shape index (κ3) is 3.60. The summed E-state index contributed by atoms with van der Waals surface area (Å²) in [5.74, 6) is 0.447. The molecule has 0 amide bonds. The van der Waals surface area contributed by atoms with Crippen LogP contribution in [0.5, 0.6) is 0 Å². The van der Waals surface area contributed by atoms with Crippen molar-refractivity contribution >= 4 is 50.6 Å². The van der Waals surface area contributed by atoms with Crippen molar-refractivity contribution < 1.29 is 4.73 Å². The van der Waals surface area contributed by atoms with Gasteiger partial charge in [-0.05, 0) is 29.8 Å². The van der Waals surface area contributed by atoms with Gasteiger partial charge in [0.1, 0.15) is 5.52 Å². The molecule has 0 aliphatic carbocycles. The van der Waals surface area contributed by atoms with Gasteiger partial charge in [-0.2, -0.15) is 9.83 Å². The van der Waals surface area contributed by atoms with Gasteiger partial charge in [0.05, 0.1) is 6.21 Å². The Morgan fingerprint density at radius 2 is 2.00 bits per heavy atom. The first-order valence-electron chi connectivity index (χ1n) is 6.76. The normalized spacial score (nSPS) is 11.3. The maximum atomic E-state index is 12.1. The van der Waals surface area contributed by atoms with E-state index in [4.69, 9.17) is 11.6 Å². The summed E-state index contributed by atoms with van der Waals surface area (Å²) < 4.78 is 1.75. The van der Waals surface area contributed by atoms with E-state index in [2.05, 4.69) is 26.0 Å². The van der Waals surface area contributed by atoms with Crippen molar-refractivity contribution in [1.29, 1.82) is 0 Å². The fraction of sp³-hybridized carbons (Fsp3) is 0.0625. The molecule has 0 atom stereocenters. The van der Waals surface area contributed by atoms with Crippen molar-refractivity contribution in [1.82, 2.24) is 4.98 Å². The summed E-state index contributed by atoms with van der Waals surface area (Å²) in [6, 6.07) is 12.7. The second-order valence-corrected chi connectivity index (χ2v) is 6.23. The molecular formula is C16H12BrClN4O. The molecular weight excluding hydrogens is 380 g/mol. The Hall–Kier alpha value is -2.18. The van der Waals surface area contributed by atoms with Gasteiger partial charge in [-0.15, -0.1) is 0 Å². The highest BCUT2D eigenvalue weighted by atomic mass is 79.9. The lowest BCUT2D eigenvalue weighted by atomic mass is 10.2. The van der Waals surface area contributed by atoms with Crippen molar-refractivity contribution in [2.75, 3.05) is 12.1 Å². The number of anilines is 1. The Morgan fingerprint density at radius 1 is 1.26 bits per heavy atom. The zero-order chi connectivity index (χ0) is 16.4. The second kappa shape index (κ2) is 6.52. The number of rotatable bonds is 3. The first-order valence-corrected chi connectivity index (χ1v) is 7.93. The average molecular weight is 392 g/mol. The van der Waals surface area contributed by atoms with E-state index in [0.717, 1.165) is 14.8 Å². The molecule has 0 unspecified atom stereocenters. The molecule has 3 rings (SSSR count). The van der Waals surface area contributed by atoms with Crippen molar-refractivity contribution in [2.24, 2.45) is 5.10 Å². The summed E-state index contributed by atoms with van der Waals surface area (Å²) >= 11 is 9.29. The molecule has 0 saturated heterocycles. The maximum Gasteiger partial charge on any atom is 0.244 e. The molecule has 0 spiro atoms. The molecule has 116 valence electrons. The summed E-state index contributed by atoms with van der Waals surface area (Å²) in [5, 5.41) is 18.5. The summed E-state index contributed by atoms with van der Waals surface area (Å²) in [5.41, 5.74) is 1.93. The molecule has 5 nitrogen and oxygen atoms in total. The summed E-state index contributed by atoms with van der Waals surface area (Å²) in [7, 11) is 1.74. The van der Waals surface area contributed by atoms with Gasteiger partial charge in [0.15, 0.2) is 0 Å². The van der Waals surface area contributed by atoms with E-state index in [1.54, 1.807) is 36.5 Å². The molecule has 0 aliphatic heterocycles. The lowest BCUT2D eigenvalue weighted by Gasteiger charge is -2.12. The number of hydrogen-bond acceptors (Lipinski definition) is 4. The molecule has 0 fully saturated rings. The number of benzene rings is 2. The van der Waals surface area contributed by atoms with Gasteiger partial charge in [0.2, 0.25) is 17.5 Å². The first-order chi connectivity index (χ1) is 11.0. The molecule has 1 heterocycles. The third-order valence-corrected chi connectivity index (χ3v) is 3.99. The average Bonchev–Trinajstić information content (AvgIpc) is 2.54. The summed E-state index contributed by atoms with van der Waals surface area (Å²) in [4.78, 5) is 4.43. The SMILES string of the molecule is CN(/N=C/c1ccc(Br)cc1)c1c[n+]([O-])c2cc(Cl)ccc2n1. The minimum Gasteiger partial charge on any atom is -0.618 e. The van der Waals surface area contributed by atoms with Crippen LogP contribution in [0.4, 0.5) is 5.82 Å². The zero-order valence-corrected chi connectivity index (χ0v) is 14.5. The van der Waals surface area contributed by atoms with Crippen LogP contribution in [0, 0.1) is 5.21 Å². The van der Waals surface area contributed by atoms with Crippen LogP contribution in [0.15, 0.2) is 58.2 Å². The van der Waals surface area contributed by atoms with E-state index >= 15 is 0 Å². The number of fused-ring (bicyclic) bond motifs is 1. The van der Waals surface area contributed by atoms with E-state index < -0.39 is 0 Å². The highest BCUT2D eigenvalue weighted by molar-refractivity contribution is 9.10. The van der Waals surface area contributed by atoms with E-state index in [-0.39, 0.29) is 0 Å². The monoisotopic (exact) mass is 390 g/mol. The molecule has 1 aromatic heterocycles. The van der Waals surface area contributed by atoms with Crippen molar-refractivity contribution in [3.05, 3.63) is 68.9 Å². The number of aromatic nitrogens is 2. The molecule has 3 aromatic rings. The third-order valence-electron chi connectivity index (χ3n) is 3.22. The van der Waals surface area contributed by atoms with Crippen LogP contribution in [0.3, 0.4) is 0 Å². The highest BCUT2D eigenvalue weighted by Crippen LogP contribution is 2.17. The quantitative estimate of drug-likeness (QED) is 0.296. The standard InChI is InChI=1S/C16H12BrClN4O/c1-21(19-9-11-2-4-12(17)5-3-11)16-10-22(23)15-8-13(18)6-7-14(15)20-16/h2-10H,1H3/b19-9+. The Labute approximate surface area is 146 Å². The van der Waals surface area contributed by atoms with E-state index in [0.29, 0.717) is 21.9 Å². The minimum atomic E-state index is 0.423. The number of hydrogen-bond donors (Lipinski definition) is 0. The van der Waals surface area contributed by atoms with Crippen molar-refractivity contribution in [3.8, 4) is 0 Å². The maximum absolute atomic E-state index is 12.1. The Kier molecular flexibility index (Phi) is 4.45. The molecule has 0 N–H and O–H groups in total. The molecule has 0 saturated carbocycles. The topological polar surface area (TPSA) is 55.4 Å². The summed E-state index contributed by atoms with van der Waals surface area (Å²) in [6.45, 7) is 0. The van der Waals surface area contributed by atoms with E-state index in [9.17, 15) is 5.21 Å². The van der Waals surface area contributed by atoms with E-state index in [1.165, 1.54) is 6.20 Å². The second-order valence-electron chi connectivity index (χ2n) is 4.88. The van der Waals surface area contributed by atoms with Crippen LogP contribution in [0.2, 0.25) is 5.02 Å². The molecule has 2 aromatic carbocycles. The van der Waals surface area contributed by atoms with Crippen LogP contribution >= 0.6 is 27.5 Å². The van der Waals surface area contributed by atoms with Gasteiger partial charge in [-0.1, -0.05) is 39.7 Å². The van der Waals surface area contributed by atoms with Crippen LogP contribution in [-0.2, 0) is 0 Å². The van der Waals surface area contributed by atoms with Gasteiger partial charge in [0, 0.05) is 22.6 Å². The van der Waals surface area contributed by atoms with Crippen molar-refractivity contribution in [2.45, 2.75) is 0 Å². The molecule has 0 bridgehead atoms. The van der Waals surface area contributed by atoms with Crippen LogP contribution in [0.1, 0.15) is 5.56 Å². The molecule has 0 radical (unpaired) electrons. The molecule has 23 heavy (non-hydrogen) atoms. The lowest BCUT2D eigenvalue weighted by molar-refractivity contribution is -0.576. The Bertz CT molecular complexity index is 883. The Balaban J connectivity index is 1.90. The summed E-state index contributed by atoms with van der Waals surface area (Å²) in [6.07, 6.45) is 3.08. The molecule has 7 heteroatoms. The lowest BCUT2D eigenvalue weighted by Crippen LogP contribution is -2.29. The number of halogens is 2. The van der Waals surface area contributed by atoms with E-state index in [1.807, 2.05) is 24.3 Å². The van der Waals surface area contributed by atoms with Crippen LogP contribution < -0.4 is 9.74 Å². The highest BCUT2D eigenvalue weighted by Gasteiger charge is 2.11. The number of nitrogens with zero attached hydrogens (tertiary/aromatic N) is 4. The fourth-order valence-corrected chi connectivity index (χ4v) is 2.44. The van der Waals surface area contributed by atoms with Crippen molar-refractivity contribution in [3.63, 3.8) is 0 Å². The predicted octanol–water partition coefficient (Wildman–Crippen LogP) is 3.75. The largest absolute Gasteiger partial charge is 0.618 e. The van der Waals surface area contributed by atoms with Crippen LogP contribution in [-0.4, -0.2) is 18.2 Å². The zero-order valence-electron chi connectivity index (χ0n) is 12.1. The van der Waals surface area contributed by atoms with Gasteiger partial charge >= 0.3 is 0 Å². The first kappa shape index (κ1) is 15.7. The minimum absolute atomic E-state index is 0.423. The Morgan fingerprint density at radius 3 is 2.74 bits per heavy atom. The number of hydrazone groups is 1. The van der Waals surface area contributed by atoms with Crippen LogP contribution in [0.25, 0.3) is 11.0 Å². The fourth-order valence-electron chi connectivity index (χ4n) is 2.01.